The van der Waals surface area contributed by atoms with Gasteiger partial charge in [-0.3, -0.25) is 0 Å². The number of aliphatic hydroxyl groups excluding tert-OH is 1. The molecule has 212 valence electrons. The highest BCUT2D eigenvalue weighted by molar-refractivity contribution is 6.09. The number of nitrogens with zero attached hydrogens (tertiary/aromatic N) is 3. The van der Waals surface area contributed by atoms with E-state index in [2.05, 4.69) is 155 Å². The highest BCUT2D eigenvalue weighted by Crippen LogP contribution is 2.38. The summed E-state index contributed by atoms with van der Waals surface area (Å²) in [7, 11) is 0. The molecule has 43 heavy (non-hydrogen) atoms. The molecule has 0 saturated heterocycles. The van der Waals surface area contributed by atoms with Crippen LogP contribution in [0.3, 0.4) is 0 Å². The maximum absolute atomic E-state index is 9.51. The van der Waals surface area contributed by atoms with Crippen molar-refractivity contribution < 1.29 is 9.67 Å². The average molecular weight is 563 g/mol. The van der Waals surface area contributed by atoms with Gasteiger partial charge in [-0.15, -0.1) is 0 Å². The summed E-state index contributed by atoms with van der Waals surface area (Å²) in [5.74, 6) is 0. The van der Waals surface area contributed by atoms with Crippen LogP contribution in [0.4, 0.5) is 17.1 Å². The predicted octanol–water partition coefficient (Wildman–Crippen LogP) is 8.69. The molecular formula is C39H36N3O+. The summed E-state index contributed by atoms with van der Waals surface area (Å²) < 4.78 is 4.59. The van der Waals surface area contributed by atoms with E-state index in [-0.39, 0.29) is 6.61 Å². The van der Waals surface area contributed by atoms with Crippen molar-refractivity contribution in [3.8, 4) is 0 Å². The summed E-state index contributed by atoms with van der Waals surface area (Å²) >= 11 is 0. The van der Waals surface area contributed by atoms with Gasteiger partial charge in [0.05, 0.1) is 5.52 Å². The smallest absolute Gasteiger partial charge is 0.208 e. The number of aryl methyl sites for hydroxylation is 1. The van der Waals surface area contributed by atoms with E-state index in [9.17, 15) is 5.11 Å². The van der Waals surface area contributed by atoms with E-state index in [4.69, 9.17) is 0 Å². The van der Waals surface area contributed by atoms with Crippen molar-refractivity contribution in [3.63, 3.8) is 0 Å². The maximum atomic E-state index is 9.51. The summed E-state index contributed by atoms with van der Waals surface area (Å²) in [4.78, 5) is 2.32. The molecule has 0 amide bonds. The van der Waals surface area contributed by atoms with Crippen LogP contribution in [0.5, 0.6) is 0 Å². The van der Waals surface area contributed by atoms with Gasteiger partial charge in [0.25, 0.3) is 0 Å². The van der Waals surface area contributed by atoms with Crippen molar-refractivity contribution in [3.05, 3.63) is 138 Å². The Balaban J connectivity index is 1.30. The Labute approximate surface area is 253 Å². The molecule has 0 atom stereocenters. The van der Waals surface area contributed by atoms with Crippen LogP contribution in [0.15, 0.2) is 115 Å². The number of pyridine rings is 1. The number of aromatic nitrogens is 2. The minimum atomic E-state index is 0.142. The molecule has 4 nitrogen and oxygen atoms in total. The Bertz CT molecular complexity index is 1930. The van der Waals surface area contributed by atoms with E-state index in [0.717, 1.165) is 36.4 Å². The first-order chi connectivity index (χ1) is 21.2. The zero-order valence-corrected chi connectivity index (χ0v) is 24.5. The Morgan fingerprint density at radius 2 is 1.49 bits per heavy atom. The lowest BCUT2D eigenvalue weighted by Crippen LogP contribution is -2.40. The third-order valence-corrected chi connectivity index (χ3v) is 8.51. The molecule has 4 heteroatoms. The first-order valence-corrected chi connectivity index (χ1v) is 15.2. The van der Waals surface area contributed by atoms with Crippen LogP contribution in [0.2, 0.25) is 0 Å². The topological polar surface area (TPSA) is 32.3 Å². The third kappa shape index (κ3) is 5.04. The van der Waals surface area contributed by atoms with E-state index >= 15 is 0 Å². The Kier molecular flexibility index (Phi) is 7.36. The number of hydrogen-bond donors (Lipinski definition) is 1. The molecule has 2 heterocycles. The van der Waals surface area contributed by atoms with Crippen molar-refractivity contribution >= 4 is 57.1 Å². The molecule has 0 spiro atoms. The molecule has 6 aromatic rings. The maximum Gasteiger partial charge on any atom is 0.208 e. The van der Waals surface area contributed by atoms with Crippen LogP contribution >= 0.6 is 0 Å². The van der Waals surface area contributed by atoms with E-state index in [1.165, 1.54) is 44.2 Å². The lowest BCUT2D eigenvalue weighted by Gasteiger charge is -2.25. The van der Waals surface area contributed by atoms with Crippen LogP contribution in [0.25, 0.3) is 40.0 Å². The summed E-state index contributed by atoms with van der Waals surface area (Å²) in [6.07, 6.45) is 13.1. The molecule has 0 bridgehead atoms. The molecular weight excluding hydrogens is 526 g/mol. The Morgan fingerprint density at radius 1 is 0.791 bits per heavy atom. The summed E-state index contributed by atoms with van der Waals surface area (Å²) in [6.45, 7) is 3.87. The second kappa shape index (κ2) is 11.7. The van der Waals surface area contributed by atoms with Gasteiger partial charge < -0.3 is 14.6 Å². The highest BCUT2D eigenvalue weighted by Gasteiger charge is 2.19. The fourth-order valence-electron chi connectivity index (χ4n) is 6.49. The van der Waals surface area contributed by atoms with Crippen molar-refractivity contribution in [1.29, 1.82) is 0 Å². The Hall–Kier alpha value is -4.93. The van der Waals surface area contributed by atoms with Crippen molar-refractivity contribution in [2.75, 3.05) is 11.5 Å². The minimum absolute atomic E-state index is 0.142. The van der Waals surface area contributed by atoms with Crippen LogP contribution in [0.1, 0.15) is 35.7 Å². The van der Waals surface area contributed by atoms with E-state index < -0.39 is 0 Å². The van der Waals surface area contributed by atoms with Crippen molar-refractivity contribution in [2.45, 2.75) is 32.9 Å². The molecule has 1 N–H and O–H groups in total. The van der Waals surface area contributed by atoms with E-state index in [1.807, 2.05) is 0 Å². The normalized spacial score (nSPS) is 12.8. The van der Waals surface area contributed by atoms with Gasteiger partial charge >= 0.3 is 0 Å². The predicted molar refractivity (Wildman–Crippen MR) is 180 cm³/mol. The summed E-state index contributed by atoms with van der Waals surface area (Å²) in [5.41, 5.74) is 10.9. The van der Waals surface area contributed by atoms with Crippen LogP contribution < -0.4 is 9.47 Å². The average Bonchev–Trinajstić information content (AvgIpc) is 3.37. The highest BCUT2D eigenvalue weighted by atomic mass is 16.3. The second-order valence-electron chi connectivity index (χ2n) is 11.1. The number of benzene rings is 4. The number of fused-ring (bicyclic) bond motifs is 4. The molecule has 0 unspecified atom stereocenters. The largest absolute Gasteiger partial charge is 0.390 e. The number of para-hydroxylation sites is 2. The van der Waals surface area contributed by atoms with Crippen LogP contribution in [0, 0.1) is 0 Å². The van der Waals surface area contributed by atoms with Crippen molar-refractivity contribution in [2.24, 2.45) is 0 Å². The molecule has 0 saturated carbocycles. The van der Waals surface area contributed by atoms with Crippen LogP contribution in [-0.2, 0) is 19.5 Å². The molecule has 1 aliphatic carbocycles. The number of aliphatic hydroxyl groups is 1. The minimum Gasteiger partial charge on any atom is -0.390 e. The van der Waals surface area contributed by atoms with Crippen LogP contribution in [-0.4, -0.2) is 16.3 Å². The molecule has 2 aromatic heterocycles. The van der Waals surface area contributed by atoms with Gasteiger partial charge in [-0.25, -0.2) is 0 Å². The molecule has 0 aliphatic heterocycles. The molecule has 0 radical (unpaired) electrons. The number of hydrogen-bond acceptors (Lipinski definition) is 2. The quantitative estimate of drug-likeness (QED) is 0.188. The Morgan fingerprint density at radius 3 is 2.19 bits per heavy atom. The standard InChI is InChI=1S/C39H36N3O/c1-2-41-38-27-29(17-19-30-23-24-40(25-26-43)37-16-10-9-15-34(30)37)18-21-35(38)36-22-20-33(28-39(36)41)42(31-11-5-3-6-12-31)32-13-7-4-8-14-32/h3-8,10-14,16-24,27-28,43H,2,9,15,25-26H2,1H3/q+1. The fourth-order valence-corrected chi connectivity index (χ4v) is 6.49. The molecule has 0 fully saturated rings. The zero-order chi connectivity index (χ0) is 29.2. The van der Waals surface area contributed by atoms with E-state index in [1.54, 1.807) is 0 Å². The van der Waals surface area contributed by atoms with Crippen molar-refractivity contribution in [1.82, 2.24) is 4.57 Å². The lowest BCUT2D eigenvalue weighted by molar-refractivity contribution is -0.700. The van der Waals surface area contributed by atoms with Gasteiger partial charge in [0.15, 0.2) is 12.7 Å². The summed E-state index contributed by atoms with van der Waals surface area (Å²) in [5, 5.41) is 12.1. The van der Waals surface area contributed by atoms with Gasteiger partial charge in [0.2, 0.25) is 5.69 Å². The van der Waals surface area contributed by atoms with Gasteiger partial charge in [-0.2, -0.15) is 4.57 Å². The monoisotopic (exact) mass is 562 g/mol. The molecule has 7 rings (SSSR count). The van der Waals surface area contributed by atoms with Gasteiger partial charge in [-0.1, -0.05) is 72.8 Å². The fraction of sp³-hybridized carbons (Fsp3) is 0.154. The van der Waals surface area contributed by atoms with Gasteiger partial charge in [0.1, 0.15) is 6.61 Å². The molecule has 1 aliphatic rings. The first-order valence-electron chi connectivity index (χ1n) is 15.2. The summed E-state index contributed by atoms with van der Waals surface area (Å²) in [6, 6.07) is 37.0. The second-order valence-corrected chi connectivity index (χ2v) is 11.1. The number of anilines is 3. The van der Waals surface area contributed by atoms with Gasteiger partial charge in [-0.05, 0) is 73.4 Å². The first kappa shape index (κ1) is 26.9. The lowest BCUT2D eigenvalue weighted by atomic mass is 9.96. The zero-order valence-electron chi connectivity index (χ0n) is 24.5. The number of allylic oxidation sites excluding steroid dienone is 1. The molecule has 4 aromatic carbocycles. The third-order valence-electron chi connectivity index (χ3n) is 8.51. The van der Waals surface area contributed by atoms with E-state index in [0.29, 0.717) is 6.54 Å². The van der Waals surface area contributed by atoms with Gasteiger partial charge in [0, 0.05) is 57.6 Å². The number of rotatable bonds is 8. The SMILES string of the molecule is CCn1c2cc(/C=C/c3cc[n+](CCO)c4c3CCC=C4)ccc2c2ccc(N(c3ccccc3)c3ccccc3)cc21.